The molecule has 34 heavy (non-hydrogen) atoms. The van der Waals surface area contributed by atoms with Crippen LogP contribution in [0, 0.1) is 0 Å². The van der Waals surface area contributed by atoms with Crippen LogP contribution in [0.15, 0.2) is 24.3 Å². The van der Waals surface area contributed by atoms with Crippen LogP contribution in [0.3, 0.4) is 0 Å². The summed E-state index contributed by atoms with van der Waals surface area (Å²) < 4.78 is 18.0. The third kappa shape index (κ3) is 5.64. The number of carboxylic acid groups (broad SMARTS) is 1. The van der Waals surface area contributed by atoms with Crippen LogP contribution in [0.5, 0.6) is 23.0 Å². The molecule has 1 aliphatic heterocycles. The van der Waals surface area contributed by atoms with Crippen LogP contribution in [0.25, 0.3) is 0 Å². The number of ketones is 1. The highest BCUT2D eigenvalue weighted by molar-refractivity contribution is 5.97. The molecule has 184 valence electrons. The summed E-state index contributed by atoms with van der Waals surface area (Å²) in [6.07, 6.45) is 2.88. The van der Waals surface area contributed by atoms with Gasteiger partial charge in [0.05, 0.1) is 5.56 Å². The molecular weight excluding hydrogens is 436 g/mol. The fourth-order valence-corrected chi connectivity index (χ4v) is 4.25. The van der Waals surface area contributed by atoms with E-state index in [0.29, 0.717) is 48.5 Å². The smallest absolute Gasteiger partial charge is 0.344 e. The molecule has 0 saturated carbocycles. The number of aliphatic carboxylic acids is 1. The average molecular weight is 471 g/mol. The Kier molecular flexibility index (Phi) is 8.42. The topological polar surface area (TPSA) is 102 Å². The van der Waals surface area contributed by atoms with E-state index in [1.807, 2.05) is 26.0 Å². The summed E-state index contributed by atoms with van der Waals surface area (Å²) in [5, 5.41) is 20.0. The van der Waals surface area contributed by atoms with Crippen molar-refractivity contribution in [2.24, 2.45) is 0 Å². The van der Waals surface area contributed by atoms with E-state index in [9.17, 15) is 19.8 Å². The molecule has 0 spiro atoms. The molecule has 1 aliphatic rings. The highest BCUT2D eigenvalue weighted by atomic mass is 16.5. The van der Waals surface area contributed by atoms with E-state index in [2.05, 4.69) is 6.92 Å². The van der Waals surface area contributed by atoms with E-state index in [1.54, 1.807) is 12.1 Å². The lowest BCUT2D eigenvalue weighted by Crippen LogP contribution is -2.31. The summed E-state index contributed by atoms with van der Waals surface area (Å²) in [5.41, 5.74) is 2.80. The highest BCUT2D eigenvalue weighted by Crippen LogP contribution is 2.38. The van der Waals surface area contributed by atoms with Crippen molar-refractivity contribution in [1.29, 1.82) is 0 Å². The summed E-state index contributed by atoms with van der Waals surface area (Å²) in [4.78, 5) is 23.3. The lowest BCUT2D eigenvalue weighted by atomic mass is 9.96. The van der Waals surface area contributed by atoms with Crippen molar-refractivity contribution in [2.75, 3.05) is 6.61 Å². The summed E-state index contributed by atoms with van der Waals surface area (Å²) in [6.45, 7) is 7.60. The number of carbonyl (C=O) groups excluding carboxylic acids is 1. The maximum atomic E-state index is 11.8. The molecule has 0 saturated heterocycles. The standard InChI is InChI=1S/C27H34O7/c1-5-7-20-23(14-11-19(17(4)28)25(20)29)33-16(3)15-32-22-12-9-18-10-13-24(27(30)31)34-26(18)21(22)8-6-2/h9,11-12,14,16,24,29H,5-8,10,13,15H2,1-4H3,(H,30,31). The fourth-order valence-electron chi connectivity index (χ4n) is 4.25. The number of hydrogen-bond acceptors (Lipinski definition) is 6. The Balaban J connectivity index is 1.77. The van der Waals surface area contributed by atoms with E-state index in [4.69, 9.17) is 14.2 Å². The lowest BCUT2D eigenvalue weighted by Gasteiger charge is -2.27. The average Bonchev–Trinajstić information content (AvgIpc) is 2.80. The van der Waals surface area contributed by atoms with E-state index in [0.717, 1.165) is 24.0 Å². The molecule has 7 heteroatoms. The molecule has 0 radical (unpaired) electrons. The first-order valence-electron chi connectivity index (χ1n) is 12.0. The third-order valence-corrected chi connectivity index (χ3v) is 5.93. The Hall–Kier alpha value is -3.22. The van der Waals surface area contributed by atoms with Crippen LogP contribution in [-0.4, -0.2) is 40.8 Å². The van der Waals surface area contributed by atoms with Crippen LogP contribution >= 0.6 is 0 Å². The Labute approximate surface area is 200 Å². The normalized spacial score (nSPS) is 15.7. The minimum absolute atomic E-state index is 0.0231. The first-order chi connectivity index (χ1) is 16.3. The van der Waals surface area contributed by atoms with Crippen LogP contribution in [0.2, 0.25) is 0 Å². The second-order valence-electron chi connectivity index (χ2n) is 8.75. The Bertz CT molecular complexity index is 1040. The number of aromatic hydroxyl groups is 1. The predicted molar refractivity (Wildman–Crippen MR) is 129 cm³/mol. The van der Waals surface area contributed by atoms with Gasteiger partial charge in [-0.2, -0.15) is 0 Å². The van der Waals surface area contributed by atoms with Crippen LogP contribution in [-0.2, 0) is 24.1 Å². The van der Waals surface area contributed by atoms with Gasteiger partial charge in [-0.1, -0.05) is 32.8 Å². The molecule has 0 amide bonds. The molecule has 1 heterocycles. The number of ether oxygens (including phenoxy) is 3. The van der Waals surface area contributed by atoms with Gasteiger partial charge in [-0.25, -0.2) is 4.79 Å². The Morgan fingerprint density at radius 2 is 1.76 bits per heavy atom. The molecule has 0 aromatic heterocycles. The first-order valence-corrected chi connectivity index (χ1v) is 12.0. The molecule has 7 nitrogen and oxygen atoms in total. The summed E-state index contributed by atoms with van der Waals surface area (Å²) in [6, 6.07) is 7.15. The molecule has 0 fully saturated rings. The Morgan fingerprint density at radius 3 is 2.41 bits per heavy atom. The summed E-state index contributed by atoms with van der Waals surface area (Å²) in [7, 11) is 0. The number of benzene rings is 2. The molecule has 2 aromatic carbocycles. The maximum Gasteiger partial charge on any atom is 0.344 e. The molecule has 0 bridgehead atoms. The SMILES string of the molecule is CCCc1c(OC(C)COc2ccc3c(c2CCC)OC(C(=O)O)CC3)ccc(C(C)=O)c1O. The highest BCUT2D eigenvalue weighted by Gasteiger charge is 2.29. The second kappa shape index (κ2) is 11.3. The first kappa shape index (κ1) is 25.4. The van der Waals surface area contributed by atoms with Gasteiger partial charge < -0.3 is 24.4 Å². The minimum atomic E-state index is -0.955. The number of carboxylic acids is 1. The van der Waals surface area contributed by atoms with Gasteiger partial charge in [-0.3, -0.25) is 4.79 Å². The van der Waals surface area contributed by atoms with Crippen molar-refractivity contribution < 1.29 is 34.0 Å². The van der Waals surface area contributed by atoms with Crippen molar-refractivity contribution in [2.45, 2.75) is 78.4 Å². The van der Waals surface area contributed by atoms with Gasteiger partial charge in [-0.05, 0) is 63.3 Å². The van der Waals surface area contributed by atoms with Gasteiger partial charge in [0.2, 0.25) is 0 Å². The second-order valence-corrected chi connectivity index (χ2v) is 8.75. The molecule has 2 atom stereocenters. The van der Waals surface area contributed by atoms with Crippen molar-refractivity contribution in [1.82, 2.24) is 0 Å². The zero-order chi connectivity index (χ0) is 24.8. The monoisotopic (exact) mass is 470 g/mol. The number of phenols is 1. The molecule has 2 unspecified atom stereocenters. The third-order valence-electron chi connectivity index (χ3n) is 5.93. The molecule has 0 aliphatic carbocycles. The molecule has 2 N–H and O–H groups in total. The van der Waals surface area contributed by atoms with Gasteiger partial charge >= 0.3 is 5.97 Å². The number of fused-ring (bicyclic) bond motifs is 1. The number of phenolic OH excluding ortho intramolecular Hbond substituents is 1. The van der Waals surface area contributed by atoms with E-state index >= 15 is 0 Å². The van der Waals surface area contributed by atoms with E-state index in [-0.39, 0.29) is 29.8 Å². The van der Waals surface area contributed by atoms with Gasteiger partial charge in [0, 0.05) is 11.1 Å². The summed E-state index contributed by atoms with van der Waals surface area (Å²) >= 11 is 0. The van der Waals surface area contributed by atoms with Gasteiger partial charge in [0.1, 0.15) is 35.7 Å². The van der Waals surface area contributed by atoms with Crippen LogP contribution < -0.4 is 14.2 Å². The van der Waals surface area contributed by atoms with Gasteiger partial charge in [-0.15, -0.1) is 0 Å². The largest absolute Gasteiger partial charge is 0.507 e. The number of rotatable bonds is 11. The molecule has 3 rings (SSSR count). The van der Waals surface area contributed by atoms with Gasteiger partial charge in [0.15, 0.2) is 11.9 Å². The van der Waals surface area contributed by atoms with Crippen molar-refractivity contribution in [3.63, 3.8) is 0 Å². The van der Waals surface area contributed by atoms with Crippen LogP contribution in [0.1, 0.15) is 74.0 Å². The maximum absolute atomic E-state index is 11.8. The quantitative estimate of drug-likeness (QED) is 0.439. The zero-order valence-corrected chi connectivity index (χ0v) is 20.3. The number of aryl methyl sites for hydroxylation is 1. The van der Waals surface area contributed by atoms with E-state index in [1.165, 1.54) is 6.92 Å². The lowest BCUT2D eigenvalue weighted by molar-refractivity contribution is -0.145. The molecular formula is C27H34O7. The van der Waals surface area contributed by atoms with Crippen LogP contribution in [0.4, 0.5) is 0 Å². The number of hydrogen-bond donors (Lipinski definition) is 2. The minimum Gasteiger partial charge on any atom is -0.507 e. The van der Waals surface area contributed by atoms with Crippen molar-refractivity contribution in [3.8, 4) is 23.0 Å². The zero-order valence-electron chi connectivity index (χ0n) is 20.3. The van der Waals surface area contributed by atoms with E-state index < -0.39 is 12.1 Å². The predicted octanol–water partition coefficient (Wildman–Crippen LogP) is 5.12. The fraction of sp³-hybridized carbons (Fsp3) is 0.481. The van der Waals surface area contributed by atoms with Gasteiger partial charge in [0.25, 0.3) is 0 Å². The number of carbonyl (C=O) groups is 2. The van der Waals surface area contributed by atoms with Crippen molar-refractivity contribution >= 4 is 11.8 Å². The Morgan fingerprint density at radius 1 is 1.09 bits per heavy atom. The summed E-state index contributed by atoms with van der Waals surface area (Å²) in [5.74, 6) is 0.647. The van der Waals surface area contributed by atoms with Crippen molar-refractivity contribution in [3.05, 3.63) is 46.5 Å². The molecule has 2 aromatic rings. The number of Topliss-reactive ketones (excluding diaryl/α,β-unsaturated/α-hetero) is 1.